The highest BCUT2D eigenvalue weighted by Crippen LogP contribution is 2.31. The summed E-state index contributed by atoms with van der Waals surface area (Å²) in [5.41, 5.74) is 0.704. The molecule has 1 aromatic rings. The first-order chi connectivity index (χ1) is 10.5. The summed E-state index contributed by atoms with van der Waals surface area (Å²) in [5, 5.41) is 23.0. The SMILES string of the molecule is CC(O)CNC(=O)C1CCN(c2ccccc2[N+](=O)[O-])CC1. The summed E-state index contributed by atoms with van der Waals surface area (Å²) in [6.45, 7) is 3.09. The summed E-state index contributed by atoms with van der Waals surface area (Å²) in [5.74, 6) is -0.152. The van der Waals surface area contributed by atoms with Crippen molar-refractivity contribution < 1.29 is 14.8 Å². The molecule has 120 valence electrons. The van der Waals surface area contributed by atoms with Crippen molar-refractivity contribution in [2.45, 2.75) is 25.9 Å². The molecule has 0 bridgehead atoms. The van der Waals surface area contributed by atoms with Crippen LogP contribution >= 0.6 is 0 Å². The van der Waals surface area contributed by atoms with E-state index in [-0.39, 0.29) is 29.0 Å². The molecule has 7 nitrogen and oxygen atoms in total. The van der Waals surface area contributed by atoms with Crippen LogP contribution in [0, 0.1) is 16.0 Å². The van der Waals surface area contributed by atoms with Gasteiger partial charge in [-0.1, -0.05) is 12.1 Å². The number of nitrogens with one attached hydrogen (secondary N) is 1. The third kappa shape index (κ3) is 3.94. The Morgan fingerprint density at radius 2 is 2.09 bits per heavy atom. The molecule has 22 heavy (non-hydrogen) atoms. The highest BCUT2D eigenvalue weighted by molar-refractivity contribution is 5.79. The van der Waals surface area contributed by atoms with Gasteiger partial charge >= 0.3 is 0 Å². The van der Waals surface area contributed by atoms with Gasteiger partial charge in [0.05, 0.1) is 11.0 Å². The Morgan fingerprint density at radius 1 is 1.45 bits per heavy atom. The van der Waals surface area contributed by atoms with Gasteiger partial charge in [-0.05, 0) is 25.8 Å². The van der Waals surface area contributed by atoms with Gasteiger partial charge in [-0.3, -0.25) is 14.9 Å². The number of rotatable bonds is 5. The van der Waals surface area contributed by atoms with Crippen molar-refractivity contribution in [3.8, 4) is 0 Å². The molecule has 0 aliphatic carbocycles. The van der Waals surface area contributed by atoms with Gasteiger partial charge < -0.3 is 15.3 Å². The van der Waals surface area contributed by atoms with Crippen LogP contribution in [0.5, 0.6) is 0 Å². The zero-order valence-electron chi connectivity index (χ0n) is 12.6. The summed E-state index contributed by atoms with van der Waals surface area (Å²) in [4.78, 5) is 24.6. The van der Waals surface area contributed by atoms with Gasteiger partial charge in [-0.15, -0.1) is 0 Å². The Hall–Kier alpha value is -2.15. The first-order valence-corrected chi connectivity index (χ1v) is 7.43. The third-order valence-corrected chi connectivity index (χ3v) is 3.86. The highest BCUT2D eigenvalue weighted by Gasteiger charge is 2.27. The van der Waals surface area contributed by atoms with E-state index in [1.54, 1.807) is 25.1 Å². The van der Waals surface area contributed by atoms with Crippen molar-refractivity contribution in [1.29, 1.82) is 0 Å². The number of aliphatic hydroxyl groups excluding tert-OH is 1. The lowest BCUT2D eigenvalue weighted by atomic mass is 9.95. The zero-order valence-corrected chi connectivity index (χ0v) is 12.6. The Kier molecular flexibility index (Phi) is 5.32. The number of para-hydroxylation sites is 2. The van der Waals surface area contributed by atoms with Crippen LogP contribution in [-0.4, -0.2) is 41.7 Å². The lowest BCUT2D eigenvalue weighted by Crippen LogP contribution is -2.42. The number of carbonyl (C=O) groups is 1. The molecule has 2 rings (SSSR count). The number of aliphatic hydroxyl groups is 1. The van der Waals surface area contributed by atoms with Crippen LogP contribution < -0.4 is 10.2 Å². The second-order valence-corrected chi connectivity index (χ2v) is 5.60. The van der Waals surface area contributed by atoms with Gasteiger partial charge in [0.2, 0.25) is 5.91 Å². The van der Waals surface area contributed by atoms with Gasteiger partial charge in [0, 0.05) is 31.6 Å². The molecule has 1 aliphatic heterocycles. The normalized spacial score (nSPS) is 17.1. The van der Waals surface area contributed by atoms with Crippen molar-refractivity contribution in [3.05, 3.63) is 34.4 Å². The molecule has 1 saturated heterocycles. The Bertz CT molecular complexity index is 539. The van der Waals surface area contributed by atoms with E-state index in [9.17, 15) is 20.0 Å². The lowest BCUT2D eigenvalue weighted by molar-refractivity contribution is -0.384. The van der Waals surface area contributed by atoms with Gasteiger partial charge in [0.15, 0.2) is 0 Å². The minimum Gasteiger partial charge on any atom is -0.392 e. The fraction of sp³-hybridized carbons (Fsp3) is 0.533. The summed E-state index contributed by atoms with van der Waals surface area (Å²) < 4.78 is 0. The van der Waals surface area contributed by atoms with E-state index in [1.807, 2.05) is 4.90 Å². The highest BCUT2D eigenvalue weighted by atomic mass is 16.6. The monoisotopic (exact) mass is 307 g/mol. The van der Waals surface area contributed by atoms with Gasteiger partial charge in [-0.25, -0.2) is 0 Å². The largest absolute Gasteiger partial charge is 0.392 e. The first kappa shape index (κ1) is 16.2. The second kappa shape index (κ2) is 7.22. The molecule has 2 N–H and O–H groups in total. The molecule has 1 fully saturated rings. The predicted molar refractivity (Wildman–Crippen MR) is 82.7 cm³/mol. The molecule has 1 aliphatic rings. The van der Waals surface area contributed by atoms with E-state index in [2.05, 4.69) is 5.32 Å². The average Bonchev–Trinajstić information content (AvgIpc) is 2.52. The molecule has 0 saturated carbocycles. The number of amides is 1. The van der Waals surface area contributed by atoms with Crippen LogP contribution in [0.1, 0.15) is 19.8 Å². The number of carbonyl (C=O) groups excluding carboxylic acids is 1. The van der Waals surface area contributed by atoms with E-state index >= 15 is 0 Å². The van der Waals surface area contributed by atoms with Crippen LogP contribution in [0.3, 0.4) is 0 Å². The molecule has 1 heterocycles. The molecule has 0 spiro atoms. The fourth-order valence-electron chi connectivity index (χ4n) is 2.66. The molecular weight excluding hydrogens is 286 g/mol. The summed E-state index contributed by atoms with van der Waals surface area (Å²) in [6, 6.07) is 6.67. The lowest BCUT2D eigenvalue weighted by Gasteiger charge is -2.32. The minimum atomic E-state index is -0.559. The molecule has 1 aromatic carbocycles. The van der Waals surface area contributed by atoms with Gasteiger partial charge in [-0.2, -0.15) is 0 Å². The number of anilines is 1. The molecular formula is C15H21N3O4. The van der Waals surface area contributed by atoms with Crippen molar-refractivity contribution in [2.24, 2.45) is 5.92 Å². The van der Waals surface area contributed by atoms with Crippen LogP contribution in [0.25, 0.3) is 0 Å². The minimum absolute atomic E-state index is 0.0527. The number of benzene rings is 1. The molecule has 1 atom stereocenters. The van der Waals surface area contributed by atoms with Gasteiger partial charge in [0.25, 0.3) is 5.69 Å². The summed E-state index contributed by atoms with van der Waals surface area (Å²) in [6.07, 6.45) is 0.742. The van der Waals surface area contributed by atoms with E-state index in [0.29, 0.717) is 31.6 Å². The molecule has 1 unspecified atom stereocenters. The van der Waals surface area contributed by atoms with Crippen molar-refractivity contribution in [2.75, 3.05) is 24.5 Å². The Balaban J connectivity index is 1.95. The van der Waals surface area contributed by atoms with Crippen LogP contribution in [-0.2, 0) is 4.79 Å². The van der Waals surface area contributed by atoms with E-state index in [4.69, 9.17) is 0 Å². The number of hydrogen-bond donors (Lipinski definition) is 2. The molecule has 0 aromatic heterocycles. The Morgan fingerprint density at radius 3 is 2.68 bits per heavy atom. The molecule has 1 amide bonds. The maximum absolute atomic E-state index is 12.0. The molecule has 7 heteroatoms. The van der Waals surface area contributed by atoms with Crippen molar-refractivity contribution >= 4 is 17.3 Å². The maximum Gasteiger partial charge on any atom is 0.292 e. The van der Waals surface area contributed by atoms with Crippen LogP contribution in [0.15, 0.2) is 24.3 Å². The van der Waals surface area contributed by atoms with Gasteiger partial charge in [0.1, 0.15) is 5.69 Å². The average molecular weight is 307 g/mol. The van der Waals surface area contributed by atoms with E-state index in [0.717, 1.165) is 0 Å². The third-order valence-electron chi connectivity index (χ3n) is 3.86. The summed E-state index contributed by atoms with van der Waals surface area (Å²) in [7, 11) is 0. The van der Waals surface area contributed by atoms with E-state index < -0.39 is 6.10 Å². The molecule has 0 radical (unpaired) electrons. The van der Waals surface area contributed by atoms with Crippen molar-refractivity contribution in [3.63, 3.8) is 0 Å². The number of nitrogens with zero attached hydrogens (tertiary/aromatic N) is 2. The van der Waals surface area contributed by atoms with Crippen LogP contribution in [0.4, 0.5) is 11.4 Å². The second-order valence-electron chi connectivity index (χ2n) is 5.60. The fourth-order valence-corrected chi connectivity index (χ4v) is 2.66. The van der Waals surface area contributed by atoms with Crippen LogP contribution in [0.2, 0.25) is 0 Å². The zero-order chi connectivity index (χ0) is 16.1. The number of nitro benzene ring substituents is 1. The first-order valence-electron chi connectivity index (χ1n) is 7.43. The van der Waals surface area contributed by atoms with Crippen molar-refractivity contribution in [1.82, 2.24) is 5.32 Å². The number of hydrogen-bond acceptors (Lipinski definition) is 5. The standard InChI is InChI=1S/C15H21N3O4/c1-11(19)10-16-15(20)12-6-8-17(9-7-12)13-4-2-3-5-14(13)18(21)22/h2-5,11-12,19H,6-10H2,1H3,(H,16,20). The number of nitro groups is 1. The smallest absolute Gasteiger partial charge is 0.292 e. The van der Waals surface area contributed by atoms with E-state index in [1.165, 1.54) is 6.07 Å². The topological polar surface area (TPSA) is 95.7 Å². The maximum atomic E-state index is 12.0. The Labute approximate surface area is 129 Å². The summed E-state index contributed by atoms with van der Waals surface area (Å²) >= 11 is 0. The predicted octanol–water partition coefficient (Wildman–Crippen LogP) is 1.31. The number of piperidine rings is 1. The quantitative estimate of drug-likeness (QED) is 0.631.